The lowest BCUT2D eigenvalue weighted by Gasteiger charge is -2.31. The number of benzene rings is 4. The van der Waals surface area contributed by atoms with Crippen molar-refractivity contribution in [2.75, 3.05) is 32.7 Å². The lowest BCUT2D eigenvalue weighted by atomic mass is 9.92. The summed E-state index contributed by atoms with van der Waals surface area (Å²) in [6, 6.07) is 25.5. The number of pyridine rings is 2. The molecule has 0 amide bonds. The third-order valence-corrected chi connectivity index (χ3v) is 14.4. The van der Waals surface area contributed by atoms with Gasteiger partial charge in [0.25, 0.3) is 0 Å². The number of ether oxygens (including phenoxy) is 4. The van der Waals surface area contributed by atoms with Gasteiger partial charge in [0.2, 0.25) is 0 Å². The van der Waals surface area contributed by atoms with E-state index in [1.54, 1.807) is 30.7 Å². The summed E-state index contributed by atoms with van der Waals surface area (Å²) in [7, 11) is 0. The first kappa shape index (κ1) is 50.9. The highest BCUT2D eigenvalue weighted by atomic mass is 35.5. The lowest BCUT2D eigenvalue weighted by molar-refractivity contribution is -0.144. The van der Waals surface area contributed by atoms with Crippen molar-refractivity contribution in [2.24, 2.45) is 16.8 Å². The smallest absolute Gasteiger partial charge is 0.307 e. The number of aliphatic carboxylic acids is 2. The Kier molecular flexibility index (Phi) is 16.2. The molecule has 2 fully saturated rings. The van der Waals surface area contributed by atoms with Crippen LogP contribution >= 0.6 is 23.2 Å². The zero-order chi connectivity index (χ0) is 51.0. The van der Waals surface area contributed by atoms with Gasteiger partial charge in [0.15, 0.2) is 0 Å². The number of carbonyl (C=O) groups is 2. The van der Waals surface area contributed by atoms with Crippen molar-refractivity contribution in [3.8, 4) is 40.2 Å². The number of carboxylic acids is 2. The van der Waals surface area contributed by atoms with Crippen molar-refractivity contribution in [1.82, 2.24) is 19.8 Å². The minimum atomic E-state index is -0.797. The first-order chi connectivity index (χ1) is 35.4. The highest BCUT2D eigenvalue weighted by Gasteiger charge is 2.28. The maximum absolute atomic E-state index is 11.9. The Balaban J connectivity index is 0.915. The molecule has 0 radical (unpaired) electrons. The maximum Gasteiger partial charge on any atom is 0.307 e. The molecule has 2 aromatic heterocycles. The number of nitriles is 1. The van der Waals surface area contributed by atoms with E-state index >= 15 is 0 Å². The molecule has 0 bridgehead atoms. The Morgan fingerprint density at radius 1 is 0.644 bits per heavy atom. The fourth-order valence-corrected chi connectivity index (χ4v) is 10.1. The number of piperidine rings is 2. The summed E-state index contributed by atoms with van der Waals surface area (Å²) in [6.45, 7) is 9.04. The summed E-state index contributed by atoms with van der Waals surface area (Å²) in [5.74, 6) is -0.415. The molecule has 9 rings (SSSR count). The van der Waals surface area contributed by atoms with Gasteiger partial charge in [-0.05, 0) is 110 Å². The molecule has 2 atom stereocenters. The molecule has 0 saturated carbocycles. The lowest BCUT2D eigenvalue weighted by Crippen LogP contribution is -2.38. The molecule has 3 aliphatic heterocycles. The van der Waals surface area contributed by atoms with Crippen molar-refractivity contribution in [3.05, 3.63) is 163 Å². The molecular formula is C57H56Cl2N6O8. The van der Waals surface area contributed by atoms with Crippen molar-refractivity contribution in [3.63, 3.8) is 0 Å². The largest absolute Gasteiger partial charge is 0.488 e. The molecule has 16 heteroatoms. The number of likely N-dealkylation sites (tertiary alicyclic amines) is 2. The highest BCUT2D eigenvalue weighted by molar-refractivity contribution is 6.32. The average Bonchev–Trinajstić information content (AvgIpc) is 4.25. The zero-order valence-corrected chi connectivity index (χ0v) is 42.3. The van der Waals surface area contributed by atoms with Crippen LogP contribution in [-0.2, 0) is 49.1 Å². The van der Waals surface area contributed by atoms with Gasteiger partial charge >= 0.3 is 11.9 Å². The van der Waals surface area contributed by atoms with E-state index < -0.39 is 23.8 Å². The van der Waals surface area contributed by atoms with Gasteiger partial charge in [-0.2, -0.15) is 5.26 Å². The number of rotatable bonds is 20. The molecule has 0 aliphatic carbocycles. The normalized spacial score (nSPS) is 16.8. The van der Waals surface area contributed by atoms with Gasteiger partial charge in [0, 0.05) is 90.9 Å². The fraction of sp³-hybridized carbons (Fsp3) is 0.333. The number of halogens is 2. The second kappa shape index (κ2) is 23.2. The van der Waals surface area contributed by atoms with E-state index in [0.29, 0.717) is 77.6 Å². The molecule has 2 unspecified atom stereocenters. The third-order valence-electron chi connectivity index (χ3n) is 13.8. The second-order valence-electron chi connectivity index (χ2n) is 19.0. The average molecular weight is 1020 g/mol. The van der Waals surface area contributed by atoms with Crippen molar-refractivity contribution >= 4 is 40.9 Å². The van der Waals surface area contributed by atoms with Gasteiger partial charge in [-0.3, -0.25) is 34.3 Å². The van der Waals surface area contributed by atoms with Gasteiger partial charge in [-0.25, -0.2) is 0 Å². The van der Waals surface area contributed by atoms with Crippen LogP contribution in [0.2, 0.25) is 10.0 Å². The van der Waals surface area contributed by atoms with E-state index in [0.717, 1.165) is 99.4 Å². The maximum atomic E-state index is 11.9. The number of aliphatic imine (C=N–C) groups is 1. The molecule has 3 aliphatic rings. The summed E-state index contributed by atoms with van der Waals surface area (Å²) in [4.78, 5) is 40.9. The number of carboxylic acid groups (broad SMARTS) is 2. The fourth-order valence-electron chi connectivity index (χ4n) is 9.64. The zero-order valence-electron chi connectivity index (χ0n) is 40.8. The van der Waals surface area contributed by atoms with Gasteiger partial charge < -0.3 is 29.2 Å². The van der Waals surface area contributed by atoms with Crippen LogP contribution in [0.1, 0.15) is 81.3 Å². The molecule has 5 heterocycles. The van der Waals surface area contributed by atoms with Crippen molar-refractivity contribution in [1.29, 1.82) is 5.26 Å². The Bertz CT molecular complexity index is 3100. The minimum Gasteiger partial charge on any atom is -0.488 e. The van der Waals surface area contributed by atoms with Crippen molar-refractivity contribution in [2.45, 2.75) is 79.0 Å². The van der Waals surface area contributed by atoms with Crippen LogP contribution in [0.25, 0.3) is 11.1 Å². The number of hydrogen-bond acceptors (Lipinski definition) is 12. The van der Waals surface area contributed by atoms with E-state index in [9.17, 15) is 25.1 Å². The van der Waals surface area contributed by atoms with E-state index in [1.807, 2.05) is 48.5 Å². The Morgan fingerprint density at radius 2 is 1.12 bits per heavy atom. The minimum absolute atomic E-state index is 0.148. The van der Waals surface area contributed by atoms with Crippen LogP contribution in [0.4, 0.5) is 0 Å². The second-order valence-corrected chi connectivity index (χ2v) is 19.8. The molecule has 6 aromatic rings. The molecule has 376 valence electrons. The summed E-state index contributed by atoms with van der Waals surface area (Å²) < 4.78 is 25.8. The van der Waals surface area contributed by atoms with Crippen LogP contribution in [0, 0.1) is 37.0 Å². The van der Waals surface area contributed by atoms with E-state index in [4.69, 9.17) is 42.1 Å². The predicted octanol–water partition coefficient (Wildman–Crippen LogP) is 10.7. The molecule has 73 heavy (non-hydrogen) atoms. The van der Waals surface area contributed by atoms with E-state index in [1.165, 1.54) is 6.20 Å². The SMILES string of the molecule is Cc1c(COc2cc(OCc3cncc(C#N)c3)c(CN3CCCC(C(=O)O)C3)cc2Cl)cccc1-c1cccc(COc2cc(OCc3cncc(C4=NC4)c3)c(CN3CCCC(C(=O)O)C3)cc2Cl)c1C. The quantitative estimate of drug-likeness (QED) is 0.0738. The van der Waals surface area contributed by atoms with Crippen LogP contribution in [0.5, 0.6) is 23.0 Å². The molecular weight excluding hydrogens is 968 g/mol. The number of nitrogens with zero attached hydrogens (tertiary/aromatic N) is 6. The first-order valence-electron chi connectivity index (χ1n) is 24.4. The standard InChI is InChI=1S/C57H56Cl2N6O8/c1-35-42(33-72-54-19-52(70-31-38-15-37(21-60)22-61-23-38)45(17-49(54)58)29-64-13-5-9-40(27-64)56(66)67)7-3-11-47(35)48-12-4-8-43(36(48)2)34-73-55-20-53(71-32-39-16-44(25-62-24-39)51-26-63-51)46(18-50(55)59)30-65-14-6-10-41(28-65)57(68)69/h3-4,7-8,11-12,15-20,22-25,40-41H,5-6,9-10,13-14,26-34H2,1-2H3,(H,66,67)(H,68,69). The molecule has 2 saturated heterocycles. The van der Waals surface area contributed by atoms with Crippen molar-refractivity contribution < 1.29 is 38.7 Å². The number of hydrogen-bond donors (Lipinski definition) is 2. The van der Waals surface area contributed by atoms with Crippen LogP contribution in [-0.4, -0.2) is 80.4 Å². The molecule has 14 nitrogen and oxygen atoms in total. The van der Waals surface area contributed by atoms with Crippen LogP contribution in [0.15, 0.2) is 103 Å². The van der Waals surface area contributed by atoms with Gasteiger partial charge in [0.05, 0.1) is 39.7 Å². The first-order valence-corrected chi connectivity index (χ1v) is 25.2. The molecule has 4 aromatic carbocycles. The molecule has 0 spiro atoms. The van der Waals surface area contributed by atoms with Crippen LogP contribution in [0.3, 0.4) is 0 Å². The summed E-state index contributed by atoms with van der Waals surface area (Å²) >= 11 is 13.9. The van der Waals surface area contributed by atoms with Gasteiger partial charge in [-0.15, -0.1) is 0 Å². The third kappa shape index (κ3) is 12.8. The Hall–Kier alpha value is -7.02. The topological polar surface area (TPSA) is 180 Å². The summed E-state index contributed by atoms with van der Waals surface area (Å²) in [5.41, 5.74) is 11.8. The predicted molar refractivity (Wildman–Crippen MR) is 277 cm³/mol. The Labute approximate surface area is 434 Å². The van der Waals surface area contributed by atoms with Gasteiger partial charge in [-0.1, -0.05) is 59.6 Å². The van der Waals surface area contributed by atoms with E-state index in [-0.39, 0.29) is 26.4 Å². The Morgan fingerprint density at radius 3 is 1.60 bits per heavy atom. The molecule has 2 N–H and O–H groups in total. The van der Waals surface area contributed by atoms with Gasteiger partial charge in [0.1, 0.15) is 55.5 Å². The summed E-state index contributed by atoms with van der Waals surface area (Å²) in [5, 5.41) is 29.8. The monoisotopic (exact) mass is 1020 g/mol. The summed E-state index contributed by atoms with van der Waals surface area (Å²) in [6.07, 6.45) is 9.60. The highest BCUT2D eigenvalue weighted by Crippen LogP contribution is 2.39. The van der Waals surface area contributed by atoms with Crippen LogP contribution < -0.4 is 18.9 Å². The number of aromatic nitrogens is 2. The van der Waals surface area contributed by atoms with E-state index in [2.05, 4.69) is 56.8 Å².